The van der Waals surface area contributed by atoms with Crippen LogP contribution < -0.4 is 10.1 Å². The number of rotatable bonds is 9. The van der Waals surface area contributed by atoms with Gasteiger partial charge in [0.1, 0.15) is 18.5 Å². The van der Waals surface area contributed by atoms with E-state index in [1.54, 1.807) is 24.3 Å². The lowest BCUT2D eigenvalue weighted by Gasteiger charge is -2.18. The van der Waals surface area contributed by atoms with Crippen molar-refractivity contribution in [2.45, 2.75) is 25.6 Å². The van der Waals surface area contributed by atoms with Crippen LogP contribution in [0.25, 0.3) is 0 Å². The van der Waals surface area contributed by atoms with Gasteiger partial charge in [-0.25, -0.2) is 0 Å². The molecule has 0 saturated carbocycles. The number of hydrogen-bond donors (Lipinski definition) is 3. The molecule has 6 heteroatoms. The molecule has 0 aliphatic rings. The van der Waals surface area contributed by atoms with E-state index in [9.17, 15) is 15.0 Å². The van der Waals surface area contributed by atoms with Gasteiger partial charge < -0.3 is 25.2 Å². The molecule has 0 saturated heterocycles. The summed E-state index contributed by atoms with van der Waals surface area (Å²) in [4.78, 5) is 12.8. The molecule has 1 aromatic rings. The second-order valence-electron chi connectivity index (χ2n) is 5.50. The van der Waals surface area contributed by atoms with Crippen molar-refractivity contribution in [1.82, 2.24) is 10.2 Å². The quantitative estimate of drug-likeness (QED) is 0.620. The molecule has 3 N–H and O–H groups in total. The van der Waals surface area contributed by atoms with Crippen LogP contribution in [0.15, 0.2) is 24.3 Å². The van der Waals surface area contributed by atoms with Gasteiger partial charge >= 0.3 is 0 Å². The number of nitrogens with one attached hydrogen (secondary N) is 1. The van der Waals surface area contributed by atoms with E-state index in [0.29, 0.717) is 25.1 Å². The summed E-state index contributed by atoms with van der Waals surface area (Å²) in [6.45, 7) is 3.16. The Labute approximate surface area is 131 Å². The summed E-state index contributed by atoms with van der Waals surface area (Å²) in [5, 5.41) is 22.6. The number of likely N-dealkylation sites (N-methyl/N-ethyl adjacent to an activating group) is 1. The second-order valence-corrected chi connectivity index (χ2v) is 5.50. The molecule has 124 valence electrons. The molecule has 1 rings (SSSR count). The van der Waals surface area contributed by atoms with Gasteiger partial charge in [-0.1, -0.05) is 12.1 Å². The van der Waals surface area contributed by atoms with Crippen molar-refractivity contribution in [3.05, 3.63) is 29.8 Å². The number of ether oxygens (including phenoxy) is 1. The van der Waals surface area contributed by atoms with Gasteiger partial charge in [0, 0.05) is 20.0 Å². The number of benzene rings is 1. The number of aliphatic hydroxyl groups excluding tert-OH is 2. The summed E-state index contributed by atoms with van der Waals surface area (Å²) in [5.41, 5.74) is 0.621. The van der Waals surface area contributed by atoms with Gasteiger partial charge in [-0.05, 0) is 38.2 Å². The lowest BCUT2D eigenvalue weighted by Crippen LogP contribution is -2.27. The molecule has 6 nitrogen and oxygen atoms in total. The first-order chi connectivity index (χ1) is 10.4. The SMILES string of the molecule is CC(=O)NCCC(O)C(O)c1ccc(OCCN(C)C)cc1. The fraction of sp³-hybridized carbons (Fsp3) is 0.562. The van der Waals surface area contributed by atoms with Crippen molar-refractivity contribution in [3.63, 3.8) is 0 Å². The van der Waals surface area contributed by atoms with Gasteiger partial charge in [-0.3, -0.25) is 4.79 Å². The minimum absolute atomic E-state index is 0.152. The molecule has 2 atom stereocenters. The van der Waals surface area contributed by atoms with E-state index in [1.807, 2.05) is 19.0 Å². The van der Waals surface area contributed by atoms with E-state index in [0.717, 1.165) is 12.3 Å². The zero-order chi connectivity index (χ0) is 16.5. The average Bonchev–Trinajstić information content (AvgIpc) is 2.46. The Kier molecular flexibility index (Phi) is 7.87. The number of nitrogens with zero attached hydrogens (tertiary/aromatic N) is 1. The Morgan fingerprint density at radius 3 is 2.45 bits per heavy atom. The van der Waals surface area contributed by atoms with Gasteiger partial charge in [0.15, 0.2) is 0 Å². The molecule has 0 aromatic heterocycles. The first kappa shape index (κ1) is 18.4. The Morgan fingerprint density at radius 2 is 1.91 bits per heavy atom. The monoisotopic (exact) mass is 310 g/mol. The van der Waals surface area contributed by atoms with Crippen LogP contribution >= 0.6 is 0 Å². The summed E-state index contributed by atoms with van der Waals surface area (Å²) in [6, 6.07) is 7.01. The Balaban J connectivity index is 2.45. The van der Waals surface area contributed by atoms with Gasteiger partial charge in [-0.15, -0.1) is 0 Å². The Morgan fingerprint density at radius 1 is 1.27 bits per heavy atom. The largest absolute Gasteiger partial charge is 0.492 e. The number of aliphatic hydroxyl groups is 2. The summed E-state index contributed by atoms with van der Waals surface area (Å²) in [7, 11) is 3.95. The van der Waals surface area contributed by atoms with E-state index in [4.69, 9.17) is 4.74 Å². The highest BCUT2D eigenvalue weighted by molar-refractivity contribution is 5.72. The van der Waals surface area contributed by atoms with Crippen LogP contribution in [0, 0.1) is 0 Å². The maximum atomic E-state index is 10.8. The predicted molar refractivity (Wildman–Crippen MR) is 84.8 cm³/mol. The minimum Gasteiger partial charge on any atom is -0.492 e. The van der Waals surface area contributed by atoms with Gasteiger partial charge in [0.2, 0.25) is 5.91 Å². The number of carbonyl (C=O) groups is 1. The zero-order valence-corrected chi connectivity index (χ0v) is 13.5. The van der Waals surface area contributed by atoms with Crippen molar-refractivity contribution in [1.29, 1.82) is 0 Å². The summed E-state index contributed by atoms with van der Waals surface area (Å²) >= 11 is 0. The molecular weight excluding hydrogens is 284 g/mol. The van der Waals surface area contributed by atoms with Crippen molar-refractivity contribution in [3.8, 4) is 5.75 Å². The molecule has 0 radical (unpaired) electrons. The summed E-state index contributed by atoms with van der Waals surface area (Å²) in [5.74, 6) is 0.575. The lowest BCUT2D eigenvalue weighted by atomic mass is 10.0. The third-order valence-electron chi connectivity index (χ3n) is 3.21. The van der Waals surface area contributed by atoms with Crippen molar-refractivity contribution in [2.75, 3.05) is 33.8 Å². The van der Waals surface area contributed by atoms with Crippen LogP contribution in [0.1, 0.15) is 25.0 Å². The van der Waals surface area contributed by atoms with Crippen LogP contribution in [-0.2, 0) is 4.79 Å². The van der Waals surface area contributed by atoms with Gasteiger partial charge in [0.25, 0.3) is 0 Å². The van der Waals surface area contributed by atoms with Crippen LogP contribution in [0.3, 0.4) is 0 Å². The molecule has 1 amide bonds. The van der Waals surface area contributed by atoms with E-state index < -0.39 is 12.2 Å². The fourth-order valence-electron chi connectivity index (χ4n) is 1.88. The third kappa shape index (κ3) is 6.89. The van der Waals surface area contributed by atoms with E-state index in [-0.39, 0.29) is 5.91 Å². The predicted octanol–water partition coefficient (Wildman–Crippen LogP) is 0.547. The second kappa shape index (κ2) is 9.40. The lowest BCUT2D eigenvalue weighted by molar-refractivity contribution is -0.119. The average molecular weight is 310 g/mol. The fourth-order valence-corrected chi connectivity index (χ4v) is 1.88. The highest BCUT2D eigenvalue weighted by Gasteiger charge is 2.18. The Hall–Kier alpha value is -1.63. The highest BCUT2D eigenvalue weighted by Crippen LogP contribution is 2.21. The first-order valence-electron chi connectivity index (χ1n) is 7.38. The molecular formula is C16H26N2O4. The third-order valence-corrected chi connectivity index (χ3v) is 3.21. The molecule has 1 aromatic carbocycles. The van der Waals surface area contributed by atoms with E-state index in [2.05, 4.69) is 5.32 Å². The summed E-state index contributed by atoms with van der Waals surface area (Å²) in [6.07, 6.45) is -1.61. The number of carbonyl (C=O) groups excluding carboxylic acids is 1. The Bertz CT molecular complexity index is 448. The van der Waals surface area contributed by atoms with Gasteiger partial charge in [0.05, 0.1) is 6.10 Å². The van der Waals surface area contributed by atoms with Crippen LogP contribution in [0.5, 0.6) is 5.75 Å². The molecule has 0 spiro atoms. The molecule has 0 fully saturated rings. The molecule has 0 aliphatic heterocycles. The molecule has 22 heavy (non-hydrogen) atoms. The topological polar surface area (TPSA) is 82.0 Å². The maximum Gasteiger partial charge on any atom is 0.216 e. The van der Waals surface area contributed by atoms with Crippen LogP contribution in [0.4, 0.5) is 0 Å². The maximum absolute atomic E-state index is 10.8. The van der Waals surface area contributed by atoms with Crippen molar-refractivity contribution in [2.24, 2.45) is 0 Å². The minimum atomic E-state index is -0.982. The van der Waals surface area contributed by atoms with E-state index in [1.165, 1.54) is 6.92 Å². The highest BCUT2D eigenvalue weighted by atomic mass is 16.5. The van der Waals surface area contributed by atoms with E-state index >= 15 is 0 Å². The molecule has 2 unspecified atom stereocenters. The van der Waals surface area contributed by atoms with Crippen LogP contribution in [0.2, 0.25) is 0 Å². The zero-order valence-electron chi connectivity index (χ0n) is 13.5. The molecule has 0 heterocycles. The smallest absolute Gasteiger partial charge is 0.216 e. The number of amides is 1. The standard InChI is InChI=1S/C16H26N2O4/c1-12(19)17-9-8-15(20)16(21)13-4-6-14(7-5-13)22-11-10-18(2)3/h4-7,15-16,20-21H,8-11H2,1-3H3,(H,17,19). The van der Waals surface area contributed by atoms with Crippen molar-refractivity contribution >= 4 is 5.91 Å². The molecule has 0 aliphatic carbocycles. The normalized spacial score (nSPS) is 13.7. The molecule has 0 bridgehead atoms. The first-order valence-corrected chi connectivity index (χ1v) is 7.38. The van der Waals surface area contributed by atoms with Crippen LogP contribution in [-0.4, -0.2) is 60.9 Å². The van der Waals surface area contributed by atoms with Gasteiger partial charge in [-0.2, -0.15) is 0 Å². The number of hydrogen-bond acceptors (Lipinski definition) is 5. The van der Waals surface area contributed by atoms with Crippen molar-refractivity contribution < 1.29 is 19.7 Å². The summed E-state index contributed by atoms with van der Waals surface area (Å²) < 4.78 is 5.57.